The molecule has 1 aliphatic rings. The molecule has 4 heteroatoms. The Morgan fingerprint density at radius 2 is 1.76 bits per heavy atom. The van der Waals surface area contributed by atoms with Crippen LogP contribution < -0.4 is 0 Å². The Morgan fingerprint density at radius 3 is 2.44 bits per heavy atom. The molecule has 1 atom stereocenters. The van der Waals surface area contributed by atoms with Gasteiger partial charge in [-0.15, -0.1) is 24.2 Å². The molecule has 134 valence electrons. The van der Waals surface area contributed by atoms with Gasteiger partial charge in [0.15, 0.2) is 0 Å². The standard InChI is InChI=1S/C21H25NOS.ClH/c1-2-22-14-6-9-19(15-22)21(23)16-24-20-12-10-18(11-13-20)17-7-4-3-5-8-17;/h3-5,7-8,10-13,19H,2,6,9,14-16H2,1H3;1H. The molecule has 0 saturated carbocycles. The van der Waals surface area contributed by atoms with Gasteiger partial charge >= 0.3 is 0 Å². The van der Waals surface area contributed by atoms with E-state index in [2.05, 4.69) is 60.4 Å². The summed E-state index contributed by atoms with van der Waals surface area (Å²) >= 11 is 1.67. The first-order valence-corrected chi connectivity index (χ1v) is 9.78. The van der Waals surface area contributed by atoms with Gasteiger partial charge in [-0.1, -0.05) is 49.4 Å². The molecule has 0 aromatic heterocycles. The summed E-state index contributed by atoms with van der Waals surface area (Å²) in [4.78, 5) is 16.0. The van der Waals surface area contributed by atoms with Gasteiger partial charge in [-0.2, -0.15) is 0 Å². The maximum absolute atomic E-state index is 12.5. The first-order valence-electron chi connectivity index (χ1n) is 8.79. The highest BCUT2D eigenvalue weighted by molar-refractivity contribution is 8.00. The quantitative estimate of drug-likeness (QED) is 0.649. The second kappa shape index (κ2) is 10.0. The monoisotopic (exact) mass is 375 g/mol. The molecule has 0 radical (unpaired) electrons. The van der Waals surface area contributed by atoms with E-state index in [1.807, 2.05) is 6.07 Å². The van der Waals surface area contributed by atoms with Gasteiger partial charge in [0, 0.05) is 17.4 Å². The summed E-state index contributed by atoms with van der Waals surface area (Å²) in [5.74, 6) is 1.23. The van der Waals surface area contributed by atoms with Crippen molar-refractivity contribution in [3.63, 3.8) is 0 Å². The summed E-state index contributed by atoms with van der Waals surface area (Å²) in [5, 5.41) is 0. The number of piperidine rings is 1. The topological polar surface area (TPSA) is 20.3 Å². The first kappa shape index (κ1) is 20.0. The minimum absolute atomic E-state index is 0. The molecule has 0 bridgehead atoms. The number of nitrogens with zero attached hydrogens (tertiary/aromatic N) is 1. The Balaban J connectivity index is 0.00000225. The number of hydrogen-bond donors (Lipinski definition) is 0. The zero-order valence-corrected chi connectivity index (χ0v) is 16.3. The zero-order chi connectivity index (χ0) is 16.8. The molecular weight excluding hydrogens is 350 g/mol. The maximum atomic E-state index is 12.5. The first-order chi connectivity index (χ1) is 11.8. The van der Waals surface area contributed by atoms with Gasteiger partial charge in [-0.3, -0.25) is 4.79 Å². The number of ketones is 1. The number of Topliss-reactive ketones (excluding diaryl/α,β-unsaturated/α-hetero) is 1. The predicted molar refractivity (Wildman–Crippen MR) is 110 cm³/mol. The summed E-state index contributed by atoms with van der Waals surface area (Å²) in [6.07, 6.45) is 2.21. The van der Waals surface area contributed by atoms with Crippen LogP contribution in [-0.2, 0) is 4.79 Å². The highest BCUT2D eigenvalue weighted by atomic mass is 35.5. The normalized spacial score (nSPS) is 17.7. The van der Waals surface area contributed by atoms with Crippen LogP contribution in [0.5, 0.6) is 0 Å². The highest BCUT2D eigenvalue weighted by Crippen LogP contribution is 2.26. The van der Waals surface area contributed by atoms with Crippen LogP contribution in [0.25, 0.3) is 11.1 Å². The molecule has 1 heterocycles. The van der Waals surface area contributed by atoms with E-state index in [-0.39, 0.29) is 18.3 Å². The van der Waals surface area contributed by atoms with Crippen LogP contribution in [-0.4, -0.2) is 36.1 Å². The summed E-state index contributed by atoms with van der Waals surface area (Å²) in [6.45, 7) is 5.32. The lowest BCUT2D eigenvalue weighted by molar-refractivity contribution is -0.121. The summed E-state index contributed by atoms with van der Waals surface area (Å²) in [6, 6.07) is 18.9. The predicted octanol–water partition coefficient (Wildman–Crippen LogP) is 5.17. The Kier molecular flexibility index (Phi) is 8.01. The van der Waals surface area contributed by atoms with E-state index in [1.165, 1.54) is 16.0 Å². The molecule has 1 aliphatic heterocycles. The Bertz CT molecular complexity index is 659. The average Bonchev–Trinajstić information content (AvgIpc) is 2.67. The van der Waals surface area contributed by atoms with Crippen LogP contribution in [0.1, 0.15) is 19.8 Å². The highest BCUT2D eigenvalue weighted by Gasteiger charge is 2.24. The van der Waals surface area contributed by atoms with E-state index in [0.29, 0.717) is 11.5 Å². The van der Waals surface area contributed by atoms with Gasteiger partial charge in [0.05, 0.1) is 5.75 Å². The fraction of sp³-hybridized carbons (Fsp3) is 0.381. The molecule has 2 nitrogen and oxygen atoms in total. The fourth-order valence-corrected chi connectivity index (χ4v) is 4.13. The van der Waals surface area contributed by atoms with E-state index in [1.54, 1.807) is 11.8 Å². The van der Waals surface area contributed by atoms with E-state index < -0.39 is 0 Å². The number of rotatable bonds is 6. The molecule has 25 heavy (non-hydrogen) atoms. The van der Waals surface area contributed by atoms with Crippen LogP contribution in [0.2, 0.25) is 0 Å². The van der Waals surface area contributed by atoms with Crippen LogP contribution in [0.4, 0.5) is 0 Å². The minimum Gasteiger partial charge on any atom is -0.303 e. The van der Waals surface area contributed by atoms with Crippen molar-refractivity contribution >= 4 is 30.0 Å². The number of halogens is 1. The molecule has 2 aromatic rings. The van der Waals surface area contributed by atoms with Gasteiger partial charge in [-0.25, -0.2) is 0 Å². The van der Waals surface area contributed by atoms with Gasteiger partial charge in [0.25, 0.3) is 0 Å². The molecule has 0 aliphatic carbocycles. The maximum Gasteiger partial charge on any atom is 0.147 e. The second-order valence-corrected chi connectivity index (χ2v) is 7.43. The second-order valence-electron chi connectivity index (χ2n) is 6.38. The summed E-state index contributed by atoms with van der Waals surface area (Å²) < 4.78 is 0. The van der Waals surface area contributed by atoms with Crippen molar-refractivity contribution in [3.8, 4) is 11.1 Å². The number of carbonyl (C=O) groups excluding carboxylic acids is 1. The van der Waals surface area contributed by atoms with E-state index in [9.17, 15) is 4.79 Å². The number of carbonyl (C=O) groups is 1. The number of hydrogen-bond acceptors (Lipinski definition) is 3. The van der Waals surface area contributed by atoms with Gasteiger partial charge in [0.2, 0.25) is 0 Å². The summed E-state index contributed by atoms with van der Waals surface area (Å²) in [5.41, 5.74) is 2.45. The van der Waals surface area contributed by atoms with E-state index >= 15 is 0 Å². The molecule has 0 N–H and O–H groups in total. The Morgan fingerprint density at radius 1 is 1.08 bits per heavy atom. The molecule has 1 saturated heterocycles. The molecule has 2 aromatic carbocycles. The lowest BCUT2D eigenvalue weighted by Gasteiger charge is -2.30. The Hall–Kier alpha value is -1.29. The molecule has 0 amide bonds. The molecular formula is C21H26ClNOS. The van der Waals surface area contributed by atoms with E-state index in [0.717, 1.165) is 32.5 Å². The van der Waals surface area contributed by atoms with Crippen molar-refractivity contribution in [2.24, 2.45) is 5.92 Å². The lowest BCUT2D eigenvalue weighted by atomic mass is 9.95. The third kappa shape index (κ3) is 5.60. The largest absolute Gasteiger partial charge is 0.303 e. The van der Waals surface area contributed by atoms with Crippen molar-refractivity contribution in [2.75, 3.05) is 25.4 Å². The van der Waals surface area contributed by atoms with Gasteiger partial charge in [0.1, 0.15) is 5.78 Å². The molecule has 1 unspecified atom stereocenters. The fourth-order valence-electron chi connectivity index (χ4n) is 3.25. The average molecular weight is 376 g/mol. The summed E-state index contributed by atoms with van der Waals surface area (Å²) in [7, 11) is 0. The zero-order valence-electron chi connectivity index (χ0n) is 14.7. The molecule has 3 rings (SSSR count). The smallest absolute Gasteiger partial charge is 0.147 e. The SMILES string of the molecule is CCN1CCCC(C(=O)CSc2ccc(-c3ccccc3)cc2)C1.Cl. The van der Waals surface area contributed by atoms with Crippen LogP contribution in [0.3, 0.4) is 0 Å². The number of likely N-dealkylation sites (tertiary alicyclic amines) is 1. The van der Waals surface area contributed by atoms with Gasteiger partial charge in [-0.05, 0) is 49.2 Å². The molecule has 0 spiro atoms. The van der Waals surface area contributed by atoms with E-state index in [4.69, 9.17) is 0 Å². The Labute approximate surface area is 161 Å². The third-order valence-corrected chi connectivity index (χ3v) is 5.78. The number of thioether (sulfide) groups is 1. The van der Waals surface area contributed by atoms with Crippen molar-refractivity contribution in [1.82, 2.24) is 4.90 Å². The van der Waals surface area contributed by atoms with Gasteiger partial charge < -0.3 is 4.90 Å². The van der Waals surface area contributed by atoms with Crippen LogP contribution in [0.15, 0.2) is 59.5 Å². The minimum atomic E-state index is 0. The third-order valence-electron chi connectivity index (χ3n) is 4.75. The number of benzene rings is 2. The lowest BCUT2D eigenvalue weighted by Crippen LogP contribution is -2.39. The van der Waals surface area contributed by atoms with Crippen molar-refractivity contribution in [2.45, 2.75) is 24.7 Å². The van der Waals surface area contributed by atoms with Crippen LogP contribution in [0, 0.1) is 5.92 Å². The van der Waals surface area contributed by atoms with Crippen molar-refractivity contribution in [1.29, 1.82) is 0 Å². The molecule has 1 fully saturated rings. The van der Waals surface area contributed by atoms with Crippen molar-refractivity contribution < 1.29 is 4.79 Å². The van der Waals surface area contributed by atoms with Crippen molar-refractivity contribution in [3.05, 3.63) is 54.6 Å². The van der Waals surface area contributed by atoms with Crippen LogP contribution >= 0.6 is 24.2 Å².